The van der Waals surface area contributed by atoms with Crippen molar-refractivity contribution in [3.63, 3.8) is 0 Å². The number of aromatic nitrogens is 2. The van der Waals surface area contributed by atoms with Crippen LogP contribution in [0, 0.1) is 0 Å². The van der Waals surface area contributed by atoms with Crippen LogP contribution < -0.4 is 4.31 Å². The van der Waals surface area contributed by atoms with Crippen molar-refractivity contribution in [3.8, 4) is 10.7 Å². The number of aromatic amines is 1. The molecule has 242 valence electrons. The van der Waals surface area contributed by atoms with E-state index in [2.05, 4.69) is 9.97 Å². The molecule has 0 atom stereocenters. The number of H-pyrrole nitrogens is 1. The van der Waals surface area contributed by atoms with Gasteiger partial charge in [-0.15, -0.1) is 22.7 Å². The number of rotatable bonds is 13. The largest absolute Gasteiger partial charge is 0.490 e. The highest BCUT2D eigenvalue weighted by atomic mass is 32.2. The molecule has 0 amide bonds. The molecule has 18 heteroatoms. The third-order valence-corrected chi connectivity index (χ3v) is 11.0. The quantitative estimate of drug-likeness (QED) is 0.190. The van der Waals surface area contributed by atoms with E-state index < -0.39 is 32.0 Å². The lowest BCUT2D eigenvalue weighted by molar-refractivity contribution is -0.192. The van der Waals surface area contributed by atoms with Crippen molar-refractivity contribution in [3.05, 3.63) is 52.9 Å². The summed E-state index contributed by atoms with van der Waals surface area (Å²) in [4.78, 5) is 19.8. The smallest absolute Gasteiger partial charge is 0.475 e. The zero-order valence-corrected chi connectivity index (χ0v) is 27.1. The Bertz CT molecular complexity index is 1750. The van der Waals surface area contributed by atoms with E-state index in [9.17, 15) is 30.0 Å². The number of hydrogen-bond donors (Lipinski definition) is 2. The van der Waals surface area contributed by atoms with E-state index in [4.69, 9.17) is 14.6 Å². The predicted molar refractivity (Wildman–Crippen MR) is 164 cm³/mol. The first-order chi connectivity index (χ1) is 20.5. The minimum absolute atomic E-state index is 0.105. The van der Waals surface area contributed by atoms with Gasteiger partial charge in [0.25, 0.3) is 10.0 Å². The fourth-order valence-corrected chi connectivity index (χ4v) is 7.99. The molecule has 0 unspecified atom stereocenters. The number of thiophene rings is 1. The number of aliphatic carboxylic acids is 1. The molecule has 44 heavy (non-hydrogen) atoms. The van der Waals surface area contributed by atoms with Gasteiger partial charge in [-0.2, -0.15) is 13.2 Å². The van der Waals surface area contributed by atoms with Crippen molar-refractivity contribution in [1.29, 1.82) is 0 Å². The van der Waals surface area contributed by atoms with Crippen LogP contribution in [-0.4, -0.2) is 94.3 Å². The number of fused-ring (bicyclic) bond motifs is 1. The number of alkyl halides is 3. The van der Waals surface area contributed by atoms with Crippen LogP contribution in [0.1, 0.15) is 11.8 Å². The Morgan fingerprint density at radius 3 is 2.43 bits per heavy atom. The molecule has 3 heterocycles. The fraction of sp³-hybridized carbons (Fsp3) is 0.385. The summed E-state index contributed by atoms with van der Waals surface area (Å²) in [7, 11) is -4.91. The Morgan fingerprint density at radius 1 is 1.14 bits per heavy atom. The second kappa shape index (κ2) is 14.8. The van der Waals surface area contributed by atoms with Crippen molar-refractivity contribution in [2.75, 3.05) is 49.7 Å². The Morgan fingerprint density at radius 2 is 1.84 bits per heavy atom. The molecule has 0 spiro atoms. The highest BCUT2D eigenvalue weighted by Crippen LogP contribution is 2.35. The van der Waals surface area contributed by atoms with Crippen LogP contribution in [0.25, 0.3) is 21.6 Å². The first kappa shape index (κ1) is 35.4. The van der Waals surface area contributed by atoms with Gasteiger partial charge in [0.05, 0.1) is 35.8 Å². The number of sulfonamides is 1. The number of halogens is 3. The van der Waals surface area contributed by atoms with Gasteiger partial charge in [-0.3, -0.25) is 4.31 Å². The number of carbonyl (C=O) groups is 1. The molecular formula is C26H31F3N4O7S4. The average Bonchev–Trinajstić information content (AvgIpc) is 3.70. The minimum atomic E-state index is -5.08. The summed E-state index contributed by atoms with van der Waals surface area (Å²) in [6, 6.07) is 10.9. The van der Waals surface area contributed by atoms with Crippen molar-refractivity contribution >= 4 is 65.1 Å². The van der Waals surface area contributed by atoms with Crippen molar-refractivity contribution < 1.29 is 44.6 Å². The Balaban J connectivity index is 0.000000676. The third kappa shape index (κ3) is 9.73. The molecule has 4 aromatic rings. The highest BCUT2D eigenvalue weighted by molar-refractivity contribution is 7.94. The number of thiazole rings is 1. The predicted octanol–water partition coefficient (Wildman–Crippen LogP) is 4.69. The summed E-state index contributed by atoms with van der Waals surface area (Å²) >= 11 is 2.70. The first-order valence-corrected chi connectivity index (χ1v) is 18.1. The van der Waals surface area contributed by atoms with Crippen LogP contribution >= 0.6 is 22.7 Å². The summed E-state index contributed by atoms with van der Waals surface area (Å²) in [6.45, 7) is 3.86. The van der Waals surface area contributed by atoms with Gasteiger partial charge in [-0.25, -0.2) is 26.6 Å². The highest BCUT2D eigenvalue weighted by Gasteiger charge is 2.38. The molecule has 0 radical (unpaired) electrons. The molecular weight excluding hydrogens is 666 g/mol. The standard InChI is InChI=1S/C24H30N4O5S4.C2HF3O2/c1-4-33-12-10-28(37(31,32)22-9-6-13-34-22)21-8-5-7-18-15-20(26-23(18)21)24-25-16-19(35-24)17-27(2)11-14-36(3,29)30;3-2(4,5)1(6)7/h5-9,13,15-16,26H,4,10-12,14,17H2,1-3H3;(H,6,7). The Hall–Kier alpha value is -3.03. The number of para-hydroxylation sites is 1. The van der Waals surface area contributed by atoms with E-state index in [0.29, 0.717) is 30.9 Å². The second-order valence-electron chi connectivity index (χ2n) is 9.43. The maximum absolute atomic E-state index is 13.5. The van der Waals surface area contributed by atoms with E-state index in [-0.39, 0.29) is 23.1 Å². The fourth-order valence-electron chi connectivity index (χ4n) is 3.82. The molecule has 3 aromatic heterocycles. The lowest BCUT2D eigenvalue weighted by Crippen LogP contribution is -2.34. The van der Waals surface area contributed by atoms with Gasteiger partial charge >= 0.3 is 12.1 Å². The molecule has 0 aliphatic heterocycles. The molecule has 0 aliphatic rings. The van der Waals surface area contributed by atoms with Crippen LogP contribution in [0.5, 0.6) is 0 Å². The molecule has 11 nitrogen and oxygen atoms in total. The second-order valence-corrected chi connectivity index (χ2v) is 15.8. The monoisotopic (exact) mass is 696 g/mol. The van der Waals surface area contributed by atoms with Gasteiger partial charge < -0.3 is 19.7 Å². The van der Waals surface area contributed by atoms with Crippen LogP contribution in [0.3, 0.4) is 0 Å². The SMILES string of the molecule is CCOCCN(c1cccc2cc(-c3ncc(CN(C)CCS(C)(=O)=O)s3)[nH]c12)S(=O)(=O)c1cccs1.O=C(O)C(F)(F)F. The summed E-state index contributed by atoms with van der Waals surface area (Å²) < 4.78 is 88.9. The number of nitrogens with zero attached hydrogens (tertiary/aromatic N) is 3. The van der Waals surface area contributed by atoms with Gasteiger partial charge in [0.2, 0.25) is 0 Å². The van der Waals surface area contributed by atoms with E-state index in [0.717, 1.165) is 21.0 Å². The number of carboxylic acid groups (broad SMARTS) is 1. The van der Waals surface area contributed by atoms with E-state index in [1.54, 1.807) is 29.8 Å². The number of benzene rings is 1. The van der Waals surface area contributed by atoms with Crippen molar-refractivity contribution in [2.45, 2.75) is 23.9 Å². The Labute approximate surface area is 260 Å². The van der Waals surface area contributed by atoms with Gasteiger partial charge in [-0.1, -0.05) is 18.2 Å². The molecule has 4 rings (SSSR count). The van der Waals surface area contributed by atoms with Crippen LogP contribution in [0.4, 0.5) is 18.9 Å². The maximum Gasteiger partial charge on any atom is 0.490 e. The topological polar surface area (TPSA) is 150 Å². The van der Waals surface area contributed by atoms with Crippen molar-refractivity contribution in [2.24, 2.45) is 0 Å². The van der Waals surface area contributed by atoms with Gasteiger partial charge in [0.1, 0.15) is 19.1 Å². The normalized spacial score (nSPS) is 12.3. The number of carboxylic acids is 1. The zero-order valence-electron chi connectivity index (χ0n) is 23.9. The summed E-state index contributed by atoms with van der Waals surface area (Å²) in [6.07, 6.45) is -2.06. The van der Waals surface area contributed by atoms with E-state index in [1.807, 2.05) is 37.1 Å². The van der Waals surface area contributed by atoms with Gasteiger partial charge in [0.15, 0.2) is 0 Å². The molecule has 0 fully saturated rings. The molecule has 0 aliphatic carbocycles. The lowest BCUT2D eigenvalue weighted by Gasteiger charge is -2.24. The van der Waals surface area contributed by atoms with Crippen molar-refractivity contribution in [1.82, 2.24) is 14.9 Å². The number of nitrogens with one attached hydrogen (secondary N) is 1. The van der Waals surface area contributed by atoms with E-state index in [1.165, 1.54) is 33.2 Å². The Kier molecular flexibility index (Phi) is 12.0. The lowest BCUT2D eigenvalue weighted by atomic mass is 10.2. The maximum atomic E-state index is 13.5. The van der Waals surface area contributed by atoms with Gasteiger partial charge in [-0.05, 0) is 37.6 Å². The molecule has 0 saturated heterocycles. The van der Waals surface area contributed by atoms with Gasteiger partial charge in [0, 0.05) is 42.4 Å². The van der Waals surface area contributed by atoms with Crippen LogP contribution in [0.15, 0.2) is 52.2 Å². The molecule has 0 bridgehead atoms. The third-order valence-electron chi connectivity index (χ3n) is 5.88. The number of anilines is 1. The minimum Gasteiger partial charge on any atom is -0.475 e. The molecule has 2 N–H and O–H groups in total. The zero-order chi connectivity index (χ0) is 32.7. The summed E-state index contributed by atoms with van der Waals surface area (Å²) in [5, 5.41) is 10.5. The molecule has 0 saturated carbocycles. The number of hydrogen-bond acceptors (Lipinski definition) is 10. The first-order valence-electron chi connectivity index (χ1n) is 12.9. The number of sulfone groups is 1. The summed E-state index contributed by atoms with van der Waals surface area (Å²) in [5.41, 5.74) is 2.04. The van der Waals surface area contributed by atoms with Crippen LogP contribution in [-0.2, 0) is 35.9 Å². The number of ether oxygens (including phenoxy) is 1. The average molecular weight is 697 g/mol. The molecule has 1 aromatic carbocycles. The van der Waals surface area contributed by atoms with E-state index >= 15 is 0 Å². The van der Waals surface area contributed by atoms with Crippen LogP contribution in [0.2, 0.25) is 0 Å². The summed E-state index contributed by atoms with van der Waals surface area (Å²) in [5.74, 6) is -2.65.